The predicted molar refractivity (Wildman–Crippen MR) is 61.5 cm³/mol. The summed E-state index contributed by atoms with van der Waals surface area (Å²) in [6.07, 6.45) is 3.07. The van der Waals surface area contributed by atoms with E-state index >= 15 is 0 Å². The first-order valence-corrected chi connectivity index (χ1v) is 5.85. The normalized spacial score (nSPS) is 21.3. The molecule has 0 radical (unpaired) electrons. The molecule has 4 nitrogen and oxygen atoms in total. The SMILES string of the molecule is CC[C@@H](N)C(=O)NCC1CCN(C)CC1. The molecular weight excluding hydrogens is 190 g/mol. The fourth-order valence-corrected chi connectivity index (χ4v) is 1.83. The van der Waals surface area contributed by atoms with Gasteiger partial charge in [-0.25, -0.2) is 0 Å². The molecule has 88 valence electrons. The summed E-state index contributed by atoms with van der Waals surface area (Å²) < 4.78 is 0. The van der Waals surface area contributed by atoms with Gasteiger partial charge in [0.1, 0.15) is 0 Å². The lowest BCUT2D eigenvalue weighted by Gasteiger charge is -2.29. The van der Waals surface area contributed by atoms with Crippen molar-refractivity contribution in [2.75, 3.05) is 26.7 Å². The molecule has 1 fully saturated rings. The third kappa shape index (κ3) is 4.18. The van der Waals surface area contributed by atoms with Crippen LogP contribution in [-0.2, 0) is 4.79 Å². The van der Waals surface area contributed by atoms with Crippen LogP contribution in [0.25, 0.3) is 0 Å². The average Bonchev–Trinajstić information content (AvgIpc) is 2.26. The Kier molecular flexibility index (Phi) is 5.05. The molecule has 1 rings (SSSR count). The maximum absolute atomic E-state index is 11.4. The van der Waals surface area contributed by atoms with Gasteiger partial charge in [-0.3, -0.25) is 4.79 Å². The van der Waals surface area contributed by atoms with E-state index in [2.05, 4.69) is 17.3 Å². The molecule has 0 unspecified atom stereocenters. The molecule has 1 amide bonds. The highest BCUT2D eigenvalue weighted by Gasteiger charge is 2.18. The lowest BCUT2D eigenvalue weighted by atomic mass is 9.97. The molecule has 1 aliphatic heterocycles. The zero-order valence-corrected chi connectivity index (χ0v) is 9.83. The van der Waals surface area contributed by atoms with E-state index in [4.69, 9.17) is 5.73 Å². The summed E-state index contributed by atoms with van der Waals surface area (Å²) in [5, 5.41) is 2.94. The van der Waals surface area contributed by atoms with Crippen LogP contribution in [0.5, 0.6) is 0 Å². The summed E-state index contributed by atoms with van der Waals surface area (Å²) >= 11 is 0. The van der Waals surface area contributed by atoms with Gasteiger partial charge in [-0.1, -0.05) is 6.92 Å². The smallest absolute Gasteiger partial charge is 0.236 e. The summed E-state index contributed by atoms with van der Waals surface area (Å²) in [5.41, 5.74) is 5.63. The third-order valence-corrected chi connectivity index (χ3v) is 3.18. The van der Waals surface area contributed by atoms with Gasteiger partial charge in [-0.15, -0.1) is 0 Å². The number of likely N-dealkylation sites (tertiary alicyclic amines) is 1. The van der Waals surface area contributed by atoms with E-state index in [0.717, 1.165) is 19.6 Å². The van der Waals surface area contributed by atoms with E-state index in [1.165, 1.54) is 12.8 Å². The van der Waals surface area contributed by atoms with Gasteiger partial charge in [0.2, 0.25) is 5.91 Å². The number of hydrogen-bond acceptors (Lipinski definition) is 3. The molecule has 1 saturated heterocycles. The maximum Gasteiger partial charge on any atom is 0.236 e. The summed E-state index contributed by atoms with van der Waals surface area (Å²) in [4.78, 5) is 13.8. The quantitative estimate of drug-likeness (QED) is 0.700. The molecule has 0 aromatic carbocycles. The summed E-state index contributed by atoms with van der Waals surface area (Å²) in [7, 11) is 2.14. The molecule has 15 heavy (non-hydrogen) atoms. The number of carbonyl (C=O) groups excluding carboxylic acids is 1. The van der Waals surface area contributed by atoms with Crippen molar-refractivity contribution in [3.63, 3.8) is 0 Å². The number of piperidine rings is 1. The Hall–Kier alpha value is -0.610. The highest BCUT2D eigenvalue weighted by Crippen LogP contribution is 2.14. The van der Waals surface area contributed by atoms with Gasteiger partial charge in [0, 0.05) is 6.54 Å². The van der Waals surface area contributed by atoms with Crippen LogP contribution in [0.2, 0.25) is 0 Å². The zero-order chi connectivity index (χ0) is 11.3. The summed E-state index contributed by atoms with van der Waals surface area (Å²) in [6, 6.07) is -0.337. The molecule has 1 atom stereocenters. The fourth-order valence-electron chi connectivity index (χ4n) is 1.83. The first-order chi connectivity index (χ1) is 7.13. The minimum absolute atomic E-state index is 0.00331. The van der Waals surface area contributed by atoms with Gasteiger partial charge in [-0.05, 0) is 45.3 Å². The van der Waals surface area contributed by atoms with Crippen LogP contribution in [0.1, 0.15) is 26.2 Å². The Bertz CT molecular complexity index is 200. The summed E-state index contributed by atoms with van der Waals surface area (Å²) in [5.74, 6) is 0.630. The maximum atomic E-state index is 11.4. The lowest BCUT2D eigenvalue weighted by Crippen LogP contribution is -2.43. The number of carbonyl (C=O) groups is 1. The first-order valence-electron chi connectivity index (χ1n) is 5.85. The van der Waals surface area contributed by atoms with Gasteiger partial charge in [-0.2, -0.15) is 0 Å². The Morgan fingerprint density at radius 2 is 2.13 bits per heavy atom. The third-order valence-electron chi connectivity index (χ3n) is 3.18. The van der Waals surface area contributed by atoms with Gasteiger partial charge in [0.25, 0.3) is 0 Å². The highest BCUT2D eigenvalue weighted by atomic mass is 16.2. The van der Waals surface area contributed by atoms with E-state index in [1.807, 2.05) is 6.92 Å². The second-order valence-electron chi connectivity index (χ2n) is 4.51. The van der Waals surface area contributed by atoms with Crippen LogP contribution in [0, 0.1) is 5.92 Å². The van der Waals surface area contributed by atoms with Crippen molar-refractivity contribution in [3.8, 4) is 0 Å². The van der Waals surface area contributed by atoms with Gasteiger partial charge in [0.05, 0.1) is 6.04 Å². The van der Waals surface area contributed by atoms with Crippen molar-refractivity contribution in [1.82, 2.24) is 10.2 Å². The van der Waals surface area contributed by atoms with Crippen molar-refractivity contribution < 1.29 is 4.79 Å². The van der Waals surface area contributed by atoms with Crippen LogP contribution in [0.4, 0.5) is 0 Å². The minimum atomic E-state index is -0.337. The van der Waals surface area contributed by atoms with Crippen molar-refractivity contribution in [2.45, 2.75) is 32.2 Å². The Balaban J connectivity index is 2.17. The van der Waals surface area contributed by atoms with Crippen molar-refractivity contribution >= 4 is 5.91 Å². The van der Waals surface area contributed by atoms with Crippen molar-refractivity contribution in [1.29, 1.82) is 0 Å². The second kappa shape index (κ2) is 6.08. The Morgan fingerprint density at radius 3 is 2.67 bits per heavy atom. The van der Waals surface area contributed by atoms with Crippen LogP contribution < -0.4 is 11.1 Å². The lowest BCUT2D eigenvalue weighted by molar-refractivity contribution is -0.122. The zero-order valence-electron chi connectivity index (χ0n) is 9.83. The van der Waals surface area contributed by atoms with Crippen molar-refractivity contribution in [3.05, 3.63) is 0 Å². The number of nitrogens with one attached hydrogen (secondary N) is 1. The molecule has 0 aliphatic carbocycles. The van der Waals surface area contributed by atoms with E-state index in [-0.39, 0.29) is 11.9 Å². The van der Waals surface area contributed by atoms with Crippen molar-refractivity contribution in [2.24, 2.45) is 11.7 Å². The van der Waals surface area contributed by atoms with E-state index in [0.29, 0.717) is 12.3 Å². The topological polar surface area (TPSA) is 58.4 Å². The fraction of sp³-hybridized carbons (Fsp3) is 0.909. The molecule has 0 saturated carbocycles. The minimum Gasteiger partial charge on any atom is -0.354 e. The van der Waals surface area contributed by atoms with Crippen LogP contribution in [0.3, 0.4) is 0 Å². The average molecular weight is 213 g/mol. The molecule has 4 heteroatoms. The standard InChI is InChI=1S/C11H23N3O/c1-3-10(12)11(15)13-8-9-4-6-14(2)7-5-9/h9-10H,3-8,12H2,1-2H3,(H,13,15)/t10-/m1/s1. The number of amides is 1. The van der Waals surface area contributed by atoms with E-state index in [9.17, 15) is 4.79 Å². The summed E-state index contributed by atoms with van der Waals surface area (Å²) in [6.45, 7) is 5.00. The molecule has 0 bridgehead atoms. The van der Waals surface area contributed by atoms with Gasteiger partial charge < -0.3 is 16.0 Å². The molecular formula is C11H23N3O. The second-order valence-corrected chi connectivity index (χ2v) is 4.51. The highest BCUT2D eigenvalue weighted by molar-refractivity contribution is 5.81. The van der Waals surface area contributed by atoms with Crippen LogP contribution >= 0.6 is 0 Å². The number of nitrogens with zero attached hydrogens (tertiary/aromatic N) is 1. The van der Waals surface area contributed by atoms with Crippen LogP contribution in [0.15, 0.2) is 0 Å². The van der Waals surface area contributed by atoms with Gasteiger partial charge >= 0.3 is 0 Å². The molecule has 0 aromatic heterocycles. The predicted octanol–water partition coefficient (Wildman–Crippen LogP) is 0.182. The Labute approximate surface area is 92.2 Å². The number of nitrogens with two attached hydrogens (primary N) is 1. The Morgan fingerprint density at radius 1 is 1.53 bits per heavy atom. The molecule has 3 N–H and O–H groups in total. The number of rotatable bonds is 4. The monoisotopic (exact) mass is 213 g/mol. The largest absolute Gasteiger partial charge is 0.354 e. The van der Waals surface area contributed by atoms with Crippen LogP contribution in [-0.4, -0.2) is 43.5 Å². The molecule has 0 aromatic rings. The number of hydrogen-bond donors (Lipinski definition) is 2. The van der Waals surface area contributed by atoms with Gasteiger partial charge in [0.15, 0.2) is 0 Å². The molecule has 1 aliphatic rings. The van der Waals surface area contributed by atoms with E-state index in [1.54, 1.807) is 0 Å². The first kappa shape index (κ1) is 12.5. The molecule has 1 heterocycles. The molecule has 0 spiro atoms. The van der Waals surface area contributed by atoms with E-state index < -0.39 is 0 Å².